The number of thiophene rings is 1. The molecule has 2 aromatic carbocycles. The Hall–Kier alpha value is -3.56. The van der Waals surface area contributed by atoms with Crippen LogP contribution in [-0.4, -0.2) is 59.0 Å². The highest BCUT2D eigenvalue weighted by atomic mass is 32.2. The average Bonchev–Trinajstić information content (AvgIpc) is 3.63. The van der Waals surface area contributed by atoms with E-state index in [1.54, 1.807) is 35.1 Å². The number of anilines is 1. The summed E-state index contributed by atoms with van der Waals surface area (Å²) < 4.78 is 7.23. The van der Waals surface area contributed by atoms with Gasteiger partial charge in [0.15, 0.2) is 0 Å². The second kappa shape index (κ2) is 11.3. The van der Waals surface area contributed by atoms with Crippen LogP contribution < -0.4 is 9.64 Å². The molecule has 2 aromatic heterocycles. The number of hydrogen-bond donors (Lipinski definition) is 0. The predicted octanol–water partition coefficient (Wildman–Crippen LogP) is 5.79. The van der Waals surface area contributed by atoms with Crippen LogP contribution >= 0.6 is 23.1 Å². The lowest BCUT2D eigenvalue weighted by Crippen LogP contribution is -2.45. The quantitative estimate of drug-likeness (QED) is 0.300. The number of methoxy groups -OCH3 is 1. The molecule has 0 bridgehead atoms. The van der Waals surface area contributed by atoms with Crippen LogP contribution in [0, 0.1) is 0 Å². The number of benzene rings is 2. The van der Waals surface area contributed by atoms with E-state index in [1.807, 2.05) is 70.2 Å². The second-order valence-electron chi connectivity index (χ2n) is 9.69. The van der Waals surface area contributed by atoms with Crippen molar-refractivity contribution in [1.29, 1.82) is 0 Å². The van der Waals surface area contributed by atoms with Crippen molar-refractivity contribution in [2.75, 3.05) is 37.4 Å². The number of rotatable bonds is 6. The molecular formula is C30H30N4O3S2. The minimum Gasteiger partial charge on any atom is -0.497 e. The maximum atomic E-state index is 13.8. The van der Waals surface area contributed by atoms with Gasteiger partial charge in [-0.3, -0.25) is 14.5 Å². The van der Waals surface area contributed by atoms with Gasteiger partial charge in [0.1, 0.15) is 18.1 Å². The lowest BCUT2D eigenvalue weighted by Gasteiger charge is -2.30. The van der Waals surface area contributed by atoms with Gasteiger partial charge >= 0.3 is 0 Å². The Bertz CT molecular complexity index is 1450. The molecule has 4 heterocycles. The summed E-state index contributed by atoms with van der Waals surface area (Å²) in [6.45, 7) is 1.49. The van der Waals surface area contributed by atoms with Gasteiger partial charge in [0.25, 0.3) is 0 Å². The van der Waals surface area contributed by atoms with E-state index in [0.717, 1.165) is 65.5 Å². The molecule has 0 radical (unpaired) electrons. The van der Waals surface area contributed by atoms with Crippen molar-refractivity contribution in [1.82, 2.24) is 14.7 Å². The number of carbonyl (C=O) groups excluding carboxylic acids is 2. The van der Waals surface area contributed by atoms with Gasteiger partial charge in [-0.2, -0.15) is 5.10 Å². The monoisotopic (exact) mass is 558 g/mol. The summed E-state index contributed by atoms with van der Waals surface area (Å²) in [6, 6.07) is 21.9. The largest absolute Gasteiger partial charge is 0.497 e. The molecule has 0 saturated carbocycles. The topological polar surface area (TPSA) is 67.7 Å². The molecule has 39 heavy (non-hydrogen) atoms. The van der Waals surface area contributed by atoms with Crippen LogP contribution in [0.15, 0.2) is 72.1 Å². The number of aromatic nitrogens is 2. The van der Waals surface area contributed by atoms with Crippen LogP contribution in [0.25, 0.3) is 16.9 Å². The summed E-state index contributed by atoms with van der Waals surface area (Å²) in [6.07, 6.45) is 3.15. The molecular weight excluding hydrogens is 528 g/mol. The molecule has 1 unspecified atom stereocenters. The van der Waals surface area contributed by atoms with Crippen LogP contribution in [0.5, 0.6) is 5.75 Å². The van der Waals surface area contributed by atoms with Crippen LogP contribution in [0.1, 0.15) is 35.0 Å². The number of piperidine rings is 1. The van der Waals surface area contributed by atoms with Crippen LogP contribution in [-0.2, 0) is 9.59 Å². The van der Waals surface area contributed by atoms with E-state index < -0.39 is 0 Å². The lowest BCUT2D eigenvalue weighted by atomic mass is 10.0. The molecule has 1 fully saturated rings. The fraction of sp³-hybridized carbons (Fsp3) is 0.300. The Morgan fingerprint density at radius 2 is 1.77 bits per heavy atom. The van der Waals surface area contributed by atoms with Crippen molar-refractivity contribution in [2.45, 2.75) is 24.5 Å². The Balaban J connectivity index is 1.56. The van der Waals surface area contributed by atoms with Crippen molar-refractivity contribution in [3.8, 4) is 22.7 Å². The van der Waals surface area contributed by atoms with Crippen molar-refractivity contribution in [2.24, 2.45) is 0 Å². The molecule has 2 amide bonds. The molecule has 6 rings (SSSR count). The summed E-state index contributed by atoms with van der Waals surface area (Å²) in [7, 11) is 1.64. The standard InChI is InChI=1S/C30H30N4O3S2/c1-37-23-14-12-22(13-15-23)34-30-27(28(31-34)21-9-4-2-5-10-21)29(24-11-8-18-38-24)39-20-26(36)33(30)19-25(35)32-16-6-3-7-17-32/h2,4-5,8-15,18,29H,3,6-7,16-17,19-20H2,1H3. The van der Waals surface area contributed by atoms with E-state index >= 15 is 0 Å². The fourth-order valence-electron chi connectivity index (χ4n) is 5.28. The minimum atomic E-state index is -0.0961. The van der Waals surface area contributed by atoms with Crippen LogP contribution in [0.3, 0.4) is 0 Å². The number of ether oxygens (including phenoxy) is 1. The highest BCUT2D eigenvalue weighted by molar-refractivity contribution is 8.00. The van der Waals surface area contributed by atoms with Crippen LogP contribution in [0.2, 0.25) is 0 Å². The highest BCUT2D eigenvalue weighted by Gasteiger charge is 2.38. The number of amides is 2. The zero-order valence-corrected chi connectivity index (χ0v) is 23.4. The smallest absolute Gasteiger partial charge is 0.242 e. The first-order chi connectivity index (χ1) is 19.1. The number of carbonyl (C=O) groups is 2. The molecule has 0 N–H and O–H groups in total. The van der Waals surface area contributed by atoms with Crippen molar-refractivity contribution in [3.05, 3.63) is 82.6 Å². The molecule has 0 spiro atoms. The minimum absolute atomic E-state index is 0.000366. The van der Waals surface area contributed by atoms with E-state index in [4.69, 9.17) is 9.84 Å². The summed E-state index contributed by atoms with van der Waals surface area (Å²) in [5.74, 6) is 1.58. The maximum absolute atomic E-state index is 13.8. The fourth-order valence-corrected chi connectivity index (χ4v) is 7.45. The normalized spacial score (nSPS) is 17.6. The van der Waals surface area contributed by atoms with Gasteiger partial charge in [-0.25, -0.2) is 4.68 Å². The first-order valence-corrected chi connectivity index (χ1v) is 15.1. The van der Waals surface area contributed by atoms with Gasteiger partial charge in [0.05, 0.1) is 29.5 Å². The summed E-state index contributed by atoms with van der Waals surface area (Å²) in [4.78, 5) is 32.1. The third kappa shape index (κ3) is 5.08. The van der Waals surface area contributed by atoms with E-state index in [9.17, 15) is 9.59 Å². The molecule has 2 aliphatic heterocycles. The molecule has 200 valence electrons. The van der Waals surface area contributed by atoms with Gasteiger partial charge in [-0.05, 0) is 55.0 Å². The van der Waals surface area contributed by atoms with E-state index in [-0.39, 0.29) is 29.4 Å². The molecule has 1 atom stereocenters. The van der Waals surface area contributed by atoms with Crippen LogP contribution in [0.4, 0.5) is 5.82 Å². The Kier molecular flexibility index (Phi) is 7.43. The van der Waals surface area contributed by atoms with E-state index in [2.05, 4.69) is 11.4 Å². The average molecular weight is 559 g/mol. The maximum Gasteiger partial charge on any atom is 0.242 e. The number of fused-ring (bicyclic) bond motifs is 1. The van der Waals surface area contributed by atoms with Gasteiger partial charge in [-0.1, -0.05) is 36.4 Å². The van der Waals surface area contributed by atoms with Crippen molar-refractivity contribution in [3.63, 3.8) is 0 Å². The summed E-state index contributed by atoms with van der Waals surface area (Å²) in [5.41, 5.74) is 3.55. The Morgan fingerprint density at radius 3 is 2.46 bits per heavy atom. The number of likely N-dealkylation sites (tertiary alicyclic amines) is 1. The third-order valence-corrected chi connectivity index (χ3v) is 9.58. The van der Waals surface area contributed by atoms with Gasteiger partial charge in [-0.15, -0.1) is 23.1 Å². The zero-order valence-electron chi connectivity index (χ0n) is 21.8. The lowest BCUT2D eigenvalue weighted by molar-refractivity contribution is -0.132. The first-order valence-electron chi connectivity index (χ1n) is 13.2. The van der Waals surface area contributed by atoms with Gasteiger partial charge in [0, 0.05) is 29.1 Å². The SMILES string of the molecule is COc1ccc(-n2nc(-c3ccccc3)c3c2N(CC(=O)N2CCCCC2)C(=O)CSC3c2cccs2)cc1. The molecule has 7 nitrogen and oxygen atoms in total. The number of hydrogen-bond acceptors (Lipinski definition) is 6. The predicted molar refractivity (Wildman–Crippen MR) is 157 cm³/mol. The molecule has 1 saturated heterocycles. The summed E-state index contributed by atoms with van der Waals surface area (Å²) in [5, 5.41) is 7.11. The Labute approximate surface area is 236 Å². The molecule has 0 aliphatic carbocycles. The third-order valence-electron chi connectivity index (χ3n) is 7.26. The highest BCUT2D eigenvalue weighted by Crippen LogP contribution is 2.49. The molecule has 4 aromatic rings. The van der Waals surface area contributed by atoms with E-state index in [0.29, 0.717) is 5.82 Å². The van der Waals surface area contributed by atoms with Gasteiger partial charge < -0.3 is 9.64 Å². The van der Waals surface area contributed by atoms with Crippen molar-refractivity contribution >= 4 is 40.7 Å². The number of nitrogens with zero attached hydrogens (tertiary/aromatic N) is 4. The Morgan fingerprint density at radius 1 is 1.00 bits per heavy atom. The molecule has 2 aliphatic rings. The van der Waals surface area contributed by atoms with E-state index in [1.165, 1.54) is 0 Å². The first kappa shape index (κ1) is 25.7. The van der Waals surface area contributed by atoms with Crippen molar-refractivity contribution < 1.29 is 14.3 Å². The molecule has 9 heteroatoms. The van der Waals surface area contributed by atoms with Gasteiger partial charge in [0.2, 0.25) is 11.8 Å². The zero-order chi connectivity index (χ0) is 26.8. The summed E-state index contributed by atoms with van der Waals surface area (Å²) >= 11 is 3.28. The second-order valence-corrected chi connectivity index (χ2v) is 11.8. The number of thioether (sulfide) groups is 1.